The van der Waals surface area contributed by atoms with Crippen molar-refractivity contribution in [2.45, 2.75) is 19.9 Å². The Balaban J connectivity index is 1.45. The maximum atomic E-state index is 14.3. The SMILES string of the molecule is Cc1cc(NCCc2ccccc2)nc(-c2nn(Cc3ccccc3F)c3ncccc23)n1. The zero-order valence-corrected chi connectivity index (χ0v) is 18.2. The van der Waals surface area contributed by atoms with Crippen molar-refractivity contribution in [2.24, 2.45) is 0 Å². The van der Waals surface area contributed by atoms with Crippen molar-refractivity contribution in [2.75, 3.05) is 11.9 Å². The molecule has 2 aromatic carbocycles. The van der Waals surface area contributed by atoms with Crippen LogP contribution in [0.15, 0.2) is 79.0 Å². The normalized spacial score (nSPS) is 11.1. The van der Waals surface area contributed by atoms with Crippen LogP contribution in [-0.2, 0) is 13.0 Å². The van der Waals surface area contributed by atoms with Crippen LogP contribution in [0.4, 0.5) is 10.2 Å². The van der Waals surface area contributed by atoms with Gasteiger partial charge in [0, 0.05) is 30.1 Å². The van der Waals surface area contributed by atoms with E-state index in [-0.39, 0.29) is 12.4 Å². The Labute approximate surface area is 191 Å². The van der Waals surface area contributed by atoms with Gasteiger partial charge in [0.05, 0.1) is 11.9 Å². The topological polar surface area (TPSA) is 68.5 Å². The van der Waals surface area contributed by atoms with Crippen molar-refractivity contribution in [3.05, 3.63) is 102 Å². The zero-order valence-electron chi connectivity index (χ0n) is 18.2. The van der Waals surface area contributed by atoms with Crippen LogP contribution in [0.1, 0.15) is 16.8 Å². The van der Waals surface area contributed by atoms with Crippen LogP contribution >= 0.6 is 0 Å². The summed E-state index contributed by atoms with van der Waals surface area (Å²) in [5, 5.41) is 8.96. The maximum Gasteiger partial charge on any atom is 0.183 e. The number of aromatic nitrogens is 5. The van der Waals surface area contributed by atoms with Gasteiger partial charge in [-0.15, -0.1) is 0 Å². The lowest BCUT2D eigenvalue weighted by Crippen LogP contribution is -2.08. The Morgan fingerprint density at radius 2 is 1.76 bits per heavy atom. The van der Waals surface area contributed by atoms with Gasteiger partial charge in [-0.2, -0.15) is 5.10 Å². The molecule has 0 spiro atoms. The summed E-state index contributed by atoms with van der Waals surface area (Å²) < 4.78 is 16.0. The fourth-order valence-corrected chi connectivity index (χ4v) is 3.82. The summed E-state index contributed by atoms with van der Waals surface area (Å²) in [7, 11) is 0. The Hall–Kier alpha value is -4.13. The molecule has 5 aromatic rings. The lowest BCUT2D eigenvalue weighted by Gasteiger charge is -2.08. The molecule has 3 aromatic heterocycles. The van der Waals surface area contributed by atoms with Gasteiger partial charge in [-0.3, -0.25) is 0 Å². The number of fused-ring (bicyclic) bond motifs is 1. The molecule has 6 nitrogen and oxygen atoms in total. The monoisotopic (exact) mass is 438 g/mol. The molecule has 33 heavy (non-hydrogen) atoms. The summed E-state index contributed by atoms with van der Waals surface area (Å²) in [6, 6.07) is 22.7. The molecule has 3 heterocycles. The number of nitrogens with zero attached hydrogens (tertiary/aromatic N) is 5. The molecule has 0 aliphatic heterocycles. The number of nitrogens with one attached hydrogen (secondary N) is 1. The first-order valence-electron chi connectivity index (χ1n) is 10.9. The molecule has 0 unspecified atom stereocenters. The second kappa shape index (κ2) is 9.16. The van der Waals surface area contributed by atoms with Gasteiger partial charge in [0.1, 0.15) is 17.3 Å². The lowest BCUT2D eigenvalue weighted by atomic mass is 10.1. The molecule has 5 rings (SSSR count). The highest BCUT2D eigenvalue weighted by Crippen LogP contribution is 2.26. The Kier molecular flexibility index (Phi) is 5.76. The first-order chi connectivity index (χ1) is 16.2. The van der Waals surface area contributed by atoms with E-state index >= 15 is 0 Å². The molecule has 0 saturated heterocycles. The predicted molar refractivity (Wildman–Crippen MR) is 127 cm³/mol. The first-order valence-corrected chi connectivity index (χ1v) is 10.9. The van der Waals surface area contributed by atoms with E-state index in [1.54, 1.807) is 23.0 Å². The van der Waals surface area contributed by atoms with Gasteiger partial charge in [-0.05, 0) is 37.1 Å². The largest absolute Gasteiger partial charge is 0.370 e. The van der Waals surface area contributed by atoms with Gasteiger partial charge in [0.2, 0.25) is 0 Å². The summed E-state index contributed by atoms with van der Waals surface area (Å²) in [4.78, 5) is 13.8. The molecule has 0 aliphatic carbocycles. The minimum absolute atomic E-state index is 0.268. The summed E-state index contributed by atoms with van der Waals surface area (Å²) in [6.45, 7) is 2.96. The third-order valence-electron chi connectivity index (χ3n) is 5.41. The number of rotatable bonds is 7. The third-order valence-corrected chi connectivity index (χ3v) is 5.41. The summed E-state index contributed by atoms with van der Waals surface area (Å²) in [5.74, 6) is 0.993. The number of pyridine rings is 1. The molecule has 0 radical (unpaired) electrons. The Morgan fingerprint density at radius 3 is 2.61 bits per heavy atom. The quantitative estimate of drug-likeness (QED) is 0.386. The van der Waals surface area contributed by atoms with Crippen molar-refractivity contribution in [1.82, 2.24) is 24.7 Å². The lowest BCUT2D eigenvalue weighted by molar-refractivity contribution is 0.589. The molecule has 0 saturated carbocycles. The van der Waals surface area contributed by atoms with E-state index in [4.69, 9.17) is 10.1 Å². The zero-order chi connectivity index (χ0) is 22.6. The van der Waals surface area contributed by atoms with Crippen molar-refractivity contribution >= 4 is 16.9 Å². The third kappa shape index (κ3) is 4.57. The number of anilines is 1. The molecular formula is C26H23FN6. The molecule has 0 amide bonds. The average Bonchev–Trinajstić information content (AvgIpc) is 3.20. The fourth-order valence-electron chi connectivity index (χ4n) is 3.82. The van der Waals surface area contributed by atoms with Crippen molar-refractivity contribution < 1.29 is 4.39 Å². The summed E-state index contributed by atoms with van der Waals surface area (Å²) in [5.41, 5.74) is 3.94. The van der Waals surface area contributed by atoms with Crippen LogP contribution in [0, 0.1) is 12.7 Å². The molecule has 164 valence electrons. The molecule has 1 N–H and O–H groups in total. The number of aryl methyl sites for hydroxylation is 1. The van der Waals surface area contributed by atoms with Gasteiger partial charge in [0.15, 0.2) is 11.5 Å². The summed E-state index contributed by atoms with van der Waals surface area (Å²) in [6.07, 6.45) is 2.60. The smallest absolute Gasteiger partial charge is 0.183 e. The highest BCUT2D eigenvalue weighted by molar-refractivity contribution is 5.89. The molecule has 0 fully saturated rings. The van der Waals surface area contributed by atoms with E-state index in [0.717, 1.165) is 29.9 Å². The highest BCUT2D eigenvalue weighted by Gasteiger charge is 2.17. The van der Waals surface area contributed by atoms with Crippen molar-refractivity contribution in [1.29, 1.82) is 0 Å². The summed E-state index contributed by atoms with van der Waals surface area (Å²) >= 11 is 0. The fraction of sp³-hybridized carbons (Fsp3) is 0.154. The Morgan fingerprint density at radius 1 is 0.939 bits per heavy atom. The van der Waals surface area contributed by atoms with Crippen LogP contribution in [0.5, 0.6) is 0 Å². The second-order valence-electron chi connectivity index (χ2n) is 7.85. The minimum atomic E-state index is -0.268. The Bertz CT molecular complexity index is 1400. The predicted octanol–water partition coefficient (Wildman–Crippen LogP) is 5.04. The van der Waals surface area contributed by atoms with Gasteiger partial charge in [-0.1, -0.05) is 48.5 Å². The number of hydrogen-bond acceptors (Lipinski definition) is 5. The standard InChI is InChI=1S/C26H23FN6/c1-18-16-23(28-15-13-19-8-3-2-4-9-19)31-25(30-18)24-21-11-7-14-29-26(21)33(32-24)17-20-10-5-6-12-22(20)27/h2-12,14,16H,13,15,17H2,1H3,(H,28,30,31). The molecule has 0 atom stereocenters. The van der Waals surface area contributed by atoms with E-state index in [2.05, 4.69) is 27.4 Å². The van der Waals surface area contributed by atoms with Crippen LogP contribution in [0.3, 0.4) is 0 Å². The number of benzene rings is 2. The maximum absolute atomic E-state index is 14.3. The molecule has 7 heteroatoms. The van der Waals surface area contributed by atoms with E-state index in [1.165, 1.54) is 11.6 Å². The highest BCUT2D eigenvalue weighted by atomic mass is 19.1. The van der Waals surface area contributed by atoms with Crippen molar-refractivity contribution in [3.63, 3.8) is 0 Å². The van der Waals surface area contributed by atoms with Crippen LogP contribution < -0.4 is 5.32 Å². The van der Waals surface area contributed by atoms with Crippen LogP contribution in [0.25, 0.3) is 22.6 Å². The number of hydrogen-bond donors (Lipinski definition) is 1. The number of halogens is 1. The van der Waals surface area contributed by atoms with Crippen LogP contribution in [0.2, 0.25) is 0 Å². The molecule has 0 aliphatic rings. The van der Waals surface area contributed by atoms with Gasteiger partial charge in [0.25, 0.3) is 0 Å². The minimum Gasteiger partial charge on any atom is -0.370 e. The van der Waals surface area contributed by atoms with E-state index in [1.807, 2.05) is 49.4 Å². The second-order valence-corrected chi connectivity index (χ2v) is 7.85. The van der Waals surface area contributed by atoms with E-state index < -0.39 is 0 Å². The molecule has 0 bridgehead atoms. The van der Waals surface area contributed by atoms with E-state index in [9.17, 15) is 4.39 Å². The van der Waals surface area contributed by atoms with Crippen molar-refractivity contribution in [3.8, 4) is 11.5 Å². The van der Waals surface area contributed by atoms with Crippen LogP contribution in [-0.4, -0.2) is 31.3 Å². The van der Waals surface area contributed by atoms with Gasteiger partial charge < -0.3 is 5.32 Å². The average molecular weight is 439 g/mol. The molecular weight excluding hydrogens is 415 g/mol. The van der Waals surface area contributed by atoms with Gasteiger partial charge in [-0.25, -0.2) is 24.0 Å². The first kappa shape index (κ1) is 20.8. The van der Waals surface area contributed by atoms with Gasteiger partial charge >= 0.3 is 0 Å². The van der Waals surface area contributed by atoms with E-state index in [0.29, 0.717) is 22.7 Å².